The Kier molecular flexibility index (Phi) is 15.9. The molecule has 0 aliphatic carbocycles. The second-order valence-electron chi connectivity index (χ2n) is 11.0. The van der Waals surface area contributed by atoms with Crippen molar-refractivity contribution in [2.45, 2.75) is 125 Å². The van der Waals surface area contributed by atoms with Gasteiger partial charge in [-0.05, 0) is 32.1 Å². The van der Waals surface area contributed by atoms with Crippen LogP contribution in [0.4, 0.5) is 92.2 Å². The van der Waals surface area contributed by atoms with E-state index in [1.165, 1.54) is 69.2 Å². The first-order chi connectivity index (χ1) is 21.7. The van der Waals surface area contributed by atoms with E-state index < -0.39 is 68.9 Å². The van der Waals surface area contributed by atoms with Crippen molar-refractivity contribution in [3.05, 3.63) is 0 Å². The number of nitrogens with zero attached hydrogens (tertiary/aromatic N) is 1. The molecule has 0 fully saturated rings. The topological polar surface area (TPSA) is 57.2 Å². The second kappa shape index (κ2) is 15.8. The first-order valence-electron chi connectivity index (χ1n) is 14.0. The highest BCUT2D eigenvalue weighted by Crippen LogP contribution is 2.66. The van der Waals surface area contributed by atoms with Crippen LogP contribution in [0.25, 0.3) is 0 Å². The molecule has 4 nitrogen and oxygen atoms in total. The number of rotatable bonds is 19. The van der Waals surface area contributed by atoms with Crippen LogP contribution in [0.15, 0.2) is 0 Å². The van der Waals surface area contributed by atoms with Gasteiger partial charge in [0.25, 0.3) is 0 Å². The molecule has 50 heavy (non-hydrogen) atoms. The van der Waals surface area contributed by atoms with Gasteiger partial charge in [-0.25, -0.2) is 8.42 Å². The van der Waals surface area contributed by atoms with Crippen LogP contribution in [0.5, 0.6) is 0 Å². The number of halogens is 21. The molecule has 0 aliphatic rings. The molecule has 0 saturated heterocycles. The van der Waals surface area contributed by atoms with Gasteiger partial charge in [-0.3, -0.25) is 0 Å². The average molecular weight is 814 g/mol. The second-order valence-corrected chi connectivity index (χ2v) is 12.4. The molecule has 0 rings (SSSR count). The van der Waals surface area contributed by atoms with E-state index in [1.807, 2.05) is 0 Å². The van der Waals surface area contributed by atoms with Crippen LogP contribution in [0.1, 0.15) is 66.2 Å². The fraction of sp³-hybridized carbons (Fsp3) is 1.00. The first-order valence-corrected chi connectivity index (χ1v) is 15.4. The molecule has 0 heterocycles. The third-order valence-electron chi connectivity index (χ3n) is 7.13. The number of hydrogen-bond donors (Lipinski definition) is 0. The average Bonchev–Trinajstić information content (AvgIpc) is 2.92. The summed E-state index contributed by atoms with van der Waals surface area (Å²) in [6.45, 7) is 14.9. The van der Waals surface area contributed by atoms with Crippen LogP contribution in [-0.4, -0.2) is 102 Å². The molecule has 26 heteroatoms. The molecule has 0 spiro atoms. The van der Waals surface area contributed by atoms with Crippen molar-refractivity contribution in [1.82, 2.24) is 0 Å². The molecule has 0 aromatic carbocycles. The summed E-state index contributed by atoms with van der Waals surface area (Å²) >= 11 is 0. The molecule has 0 amide bonds. The summed E-state index contributed by atoms with van der Waals surface area (Å²) in [5.74, 6) is -72.8. The van der Waals surface area contributed by atoms with Crippen LogP contribution in [0, 0.1) is 0 Å². The molecule has 0 unspecified atom stereocenters. The molecule has 0 N–H and O–H groups in total. The van der Waals surface area contributed by atoms with E-state index in [1.54, 1.807) is 0 Å². The first kappa shape index (κ1) is 50.5. The van der Waals surface area contributed by atoms with Crippen molar-refractivity contribution < 1.29 is 110 Å². The van der Waals surface area contributed by atoms with E-state index in [-0.39, 0.29) is 0 Å². The zero-order valence-electron chi connectivity index (χ0n) is 26.1. The molecule has 0 aromatic heterocycles. The molecule has 0 atom stereocenters. The van der Waals surface area contributed by atoms with Crippen molar-refractivity contribution in [3.63, 3.8) is 0 Å². The maximum absolute atomic E-state index is 13.3. The van der Waals surface area contributed by atoms with Gasteiger partial charge in [-0.15, -0.1) is 0 Å². The van der Waals surface area contributed by atoms with Crippen LogP contribution in [-0.2, 0) is 10.1 Å². The summed E-state index contributed by atoms with van der Waals surface area (Å²) < 4.78 is 301. The van der Waals surface area contributed by atoms with E-state index in [0.29, 0.717) is 0 Å². The van der Waals surface area contributed by atoms with Crippen LogP contribution in [0.3, 0.4) is 0 Å². The lowest BCUT2D eigenvalue weighted by Gasteiger charge is -2.44. The summed E-state index contributed by atoms with van der Waals surface area (Å²) in [5, 5.41) is -8.17. The molecule has 0 aliphatic heterocycles. The lowest BCUT2D eigenvalue weighted by molar-refractivity contribution is -0.928. The summed E-state index contributed by atoms with van der Waals surface area (Å²) in [4.78, 5) is 0. The van der Waals surface area contributed by atoms with Crippen molar-refractivity contribution in [2.75, 3.05) is 26.2 Å². The zero-order chi connectivity index (χ0) is 41.1. The standard InChI is InChI=1S/C14H32N.C10HF21O3S/c1-5-9-10-14-15(11-6-2,12-7-3)13-8-4;11-1(12,3(15,16)5(19,20)7(23,24)9(27,28)29)2(13,14)4(17,18)6(21,22)8(25,26)10(30,31)35(32,33)34/h5-14H2,1-4H3;(H,32,33,34)/q+1;/p-1. The molecule has 0 bridgehead atoms. The minimum absolute atomic E-state index is 1.34. The number of unbranched alkanes of at least 4 members (excludes halogenated alkanes) is 2. The third-order valence-corrected chi connectivity index (χ3v) is 8.01. The summed E-state index contributed by atoms with van der Waals surface area (Å²) in [5.41, 5.74) is 0. The molecule has 0 radical (unpaired) electrons. The smallest absolute Gasteiger partial charge is 0.460 e. The monoisotopic (exact) mass is 813 g/mol. The fourth-order valence-corrected chi connectivity index (χ4v) is 4.93. The Labute approximate surface area is 271 Å². The minimum Gasteiger partial charge on any atom is -0.743 e. The summed E-state index contributed by atoms with van der Waals surface area (Å²) in [6.07, 6.45) is 0.123. The number of alkyl halides is 21. The SMILES string of the molecule is CCCCC[N+](CCC)(CCC)CCC.O=S(=O)([O-])C(F)(F)C(F)(F)C(F)(F)C(F)(F)C(F)(F)C(F)(F)C(F)(F)C(F)(F)C(F)(F)C(F)(F)F. The Balaban J connectivity index is 0. The van der Waals surface area contributed by atoms with Gasteiger partial charge in [0.05, 0.1) is 26.2 Å². The minimum atomic E-state index is -9.40. The van der Waals surface area contributed by atoms with E-state index in [2.05, 4.69) is 27.7 Å². The zero-order valence-corrected chi connectivity index (χ0v) is 26.9. The van der Waals surface area contributed by atoms with E-state index >= 15 is 0 Å². The van der Waals surface area contributed by atoms with Gasteiger partial charge in [-0.2, -0.15) is 92.2 Å². The van der Waals surface area contributed by atoms with Crippen LogP contribution in [0.2, 0.25) is 0 Å². The lowest BCUT2D eigenvalue weighted by Crippen LogP contribution is -2.77. The predicted octanol–water partition coefficient (Wildman–Crippen LogP) is 9.99. The Bertz CT molecular complexity index is 1170. The fourth-order valence-electron chi connectivity index (χ4n) is 4.49. The van der Waals surface area contributed by atoms with Gasteiger partial charge in [0.2, 0.25) is 0 Å². The normalized spacial score (nSPS) is 15.6. The number of quaternary nitrogens is 1. The van der Waals surface area contributed by atoms with E-state index in [4.69, 9.17) is 0 Å². The van der Waals surface area contributed by atoms with Gasteiger partial charge in [0.15, 0.2) is 10.1 Å². The maximum Gasteiger partial charge on any atom is 0.460 e. The Hall–Kier alpha value is -1.60. The van der Waals surface area contributed by atoms with Crippen molar-refractivity contribution >= 4 is 10.1 Å². The highest BCUT2D eigenvalue weighted by atomic mass is 32.2. The number of hydrogen-bond acceptors (Lipinski definition) is 3. The quantitative estimate of drug-likeness (QED) is 0.0565. The maximum atomic E-state index is 13.3. The molecule has 0 aromatic rings. The van der Waals surface area contributed by atoms with Gasteiger partial charge < -0.3 is 9.04 Å². The van der Waals surface area contributed by atoms with Crippen molar-refractivity contribution in [1.29, 1.82) is 0 Å². The highest BCUT2D eigenvalue weighted by molar-refractivity contribution is 7.86. The van der Waals surface area contributed by atoms with E-state index in [9.17, 15) is 105 Å². The van der Waals surface area contributed by atoms with Crippen molar-refractivity contribution in [2.24, 2.45) is 0 Å². The molecule has 304 valence electrons. The Morgan fingerprint density at radius 3 is 0.880 bits per heavy atom. The van der Waals surface area contributed by atoms with Crippen LogP contribution >= 0.6 is 0 Å². The largest absolute Gasteiger partial charge is 0.743 e. The third kappa shape index (κ3) is 8.45. The van der Waals surface area contributed by atoms with Crippen LogP contribution < -0.4 is 0 Å². The van der Waals surface area contributed by atoms with Gasteiger partial charge in [0, 0.05) is 0 Å². The summed E-state index contributed by atoms with van der Waals surface area (Å²) in [6, 6.07) is 0. The van der Waals surface area contributed by atoms with Crippen molar-refractivity contribution in [3.8, 4) is 0 Å². The lowest BCUT2D eigenvalue weighted by atomic mass is 9.87. The van der Waals surface area contributed by atoms with Gasteiger partial charge >= 0.3 is 58.8 Å². The van der Waals surface area contributed by atoms with Gasteiger partial charge in [-0.1, -0.05) is 34.1 Å². The van der Waals surface area contributed by atoms with E-state index in [0.717, 1.165) is 0 Å². The Morgan fingerprint density at radius 2 is 0.660 bits per heavy atom. The molecule has 0 saturated carbocycles. The molecular formula is C24H32F21NO3S. The molecular weight excluding hydrogens is 781 g/mol. The Morgan fingerprint density at radius 1 is 0.400 bits per heavy atom. The van der Waals surface area contributed by atoms with Gasteiger partial charge in [0.1, 0.15) is 0 Å². The predicted molar refractivity (Wildman–Crippen MR) is 130 cm³/mol. The highest BCUT2D eigenvalue weighted by Gasteiger charge is 2.98. The summed E-state index contributed by atoms with van der Waals surface area (Å²) in [7, 11) is -8.34.